The number of nitrogens with zero attached hydrogens (tertiary/aromatic N) is 1. The normalized spacial score (nSPS) is 15.6. The molecular weight excluding hydrogens is 335 g/mol. The molecule has 0 unspecified atom stereocenters. The van der Waals surface area contributed by atoms with E-state index in [9.17, 15) is 9.18 Å². The Labute approximate surface area is 150 Å². The molecule has 25 heavy (non-hydrogen) atoms. The molecule has 5 heteroatoms. The summed E-state index contributed by atoms with van der Waals surface area (Å²) in [5.74, 6) is -0.222. The Hall–Kier alpha value is -2.14. The fourth-order valence-electron chi connectivity index (χ4n) is 3.70. The molecule has 1 aromatic carbocycles. The number of amides is 1. The molecule has 1 aliphatic carbocycles. The lowest BCUT2D eigenvalue weighted by Gasteiger charge is -2.23. The molecule has 0 saturated heterocycles. The van der Waals surface area contributed by atoms with Gasteiger partial charge in [-0.1, -0.05) is 25.3 Å². The molecule has 1 fully saturated rings. The second-order valence-corrected chi connectivity index (χ2v) is 7.65. The number of fused-ring (bicyclic) bond motifs is 1. The van der Waals surface area contributed by atoms with Gasteiger partial charge in [0.25, 0.3) is 0 Å². The van der Waals surface area contributed by atoms with Crippen molar-refractivity contribution in [3.63, 3.8) is 0 Å². The van der Waals surface area contributed by atoms with Crippen molar-refractivity contribution in [2.75, 3.05) is 0 Å². The van der Waals surface area contributed by atoms with E-state index in [1.165, 1.54) is 31.4 Å². The van der Waals surface area contributed by atoms with Gasteiger partial charge in [0.05, 0.1) is 10.6 Å². The van der Waals surface area contributed by atoms with E-state index in [4.69, 9.17) is 0 Å². The average molecular weight is 356 g/mol. The molecule has 0 bridgehead atoms. The Morgan fingerprint density at radius 3 is 2.80 bits per heavy atom. The van der Waals surface area contributed by atoms with E-state index in [2.05, 4.69) is 5.32 Å². The first-order chi connectivity index (χ1) is 12.2. The van der Waals surface area contributed by atoms with E-state index in [1.807, 2.05) is 28.1 Å². The zero-order chi connectivity index (χ0) is 17.2. The molecule has 3 nitrogen and oxygen atoms in total. The van der Waals surface area contributed by atoms with E-state index >= 15 is 0 Å². The van der Waals surface area contributed by atoms with Crippen LogP contribution in [0.15, 0.2) is 41.8 Å². The molecule has 3 aromatic rings. The van der Waals surface area contributed by atoms with Gasteiger partial charge >= 0.3 is 0 Å². The van der Waals surface area contributed by atoms with Crippen LogP contribution in [0.25, 0.3) is 21.5 Å². The third kappa shape index (κ3) is 3.47. The van der Waals surface area contributed by atoms with Crippen LogP contribution in [0, 0.1) is 5.82 Å². The summed E-state index contributed by atoms with van der Waals surface area (Å²) in [6.07, 6.45) is 5.79. The van der Waals surface area contributed by atoms with Gasteiger partial charge < -0.3 is 9.88 Å². The third-order valence-corrected chi connectivity index (χ3v) is 5.80. The van der Waals surface area contributed by atoms with Gasteiger partial charge in [-0.3, -0.25) is 4.79 Å². The zero-order valence-electron chi connectivity index (χ0n) is 14.0. The number of carbonyl (C=O) groups is 1. The highest BCUT2D eigenvalue weighted by Crippen LogP contribution is 2.31. The fraction of sp³-hybridized carbons (Fsp3) is 0.350. The number of benzene rings is 1. The Morgan fingerprint density at radius 1 is 1.20 bits per heavy atom. The molecule has 4 rings (SSSR count). The minimum Gasteiger partial charge on any atom is -0.352 e. The molecule has 1 amide bonds. The summed E-state index contributed by atoms with van der Waals surface area (Å²) in [5.41, 5.74) is 1.86. The second-order valence-electron chi connectivity index (χ2n) is 6.70. The number of aromatic nitrogens is 1. The van der Waals surface area contributed by atoms with Crippen LogP contribution in [0.4, 0.5) is 4.39 Å². The van der Waals surface area contributed by atoms with Crippen LogP contribution in [0.1, 0.15) is 32.1 Å². The largest absolute Gasteiger partial charge is 0.352 e. The average Bonchev–Trinajstić information content (AvgIpc) is 3.23. The third-order valence-electron chi connectivity index (χ3n) is 4.91. The predicted molar refractivity (Wildman–Crippen MR) is 100 cm³/mol. The molecule has 2 aromatic heterocycles. The Kier molecular flexibility index (Phi) is 4.57. The standard InChI is InChI=1S/C20H21FN2OS/c21-15-8-9-17-14(11-15)12-18(19-7-4-10-25-19)23(17)13-20(24)22-16-5-2-1-3-6-16/h4,7-12,16H,1-3,5-6,13H2,(H,22,24). The highest BCUT2D eigenvalue weighted by atomic mass is 32.1. The van der Waals surface area contributed by atoms with Gasteiger partial charge in [-0.2, -0.15) is 0 Å². The maximum absolute atomic E-state index is 13.6. The molecule has 0 radical (unpaired) electrons. The lowest BCUT2D eigenvalue weighted by molar-refractivity contribution is -0.122. The molecular formula is C20H21FN2OS. The lowest BCUT2D eigenvalue weighted by atomic mass is 9.95. The Morgan fingerprint density at radius 2 is 2.04 bits per heavy atom. The first-order valence-electron chi connectivity index (χ1n) is 8.83. The van der Waals surface area contributed by atoms with Crippen LogP contribution in [0.3, 0.4) is 0 Å². The number of hydrogen-bond acceptors (Lipinski definition) is 2. The number of thiophene rings is 1. The maximum atomic E-state index is 13.6. The Bertz CT molecular complexity index is 879. The molecule has 130 valence electrons. The summed E-state index contributed by atoms with van der Waals surface area (Å²) in [5, 5.41) is 6.02. The van der Waals surface area contributed by atoms with Crippen LogP contribution < -0.4 is 5.32 Å². The highest BCUT2D eigenvalue weighted by Gasteiger charge is 2.18. The highest BCUT2D eigenvalue weighted by molar-refractivity contribution is 7.13. The van der Waals surface area contributed by atoms with E-state index in [0.29, 0.717) is 6.04 Å². The minimum absolute atomic E-state index is 0.0338. The quantitative estimate of drug-likeness (QED) is 0.704. The van der Waals surface area contributed by atoms with Crippen LogP contribution in [0.2, 0.25) is 0 Å². The molecule has 2 heterocycles. The van der Waals surface area contributed by atoms with Crippen molar-refractivity contribution in [3.05, 3.63) is 47.6 Å². The van der Waals surface area contributed by atoms with Gasteiger partial charge in [0.15, 0.2) is 0 Å². The molecule has 1 aliphatic rings. The maximum Gasteiger partial charge on any atom is 0.240 e. The van der Waals surface area contributed by atoms with Crippen molar-refractivity contribution < 1.29 is 9.18 Å². The number of hydrogen-bond donors (Lipinski definition) is 1. The number of halogens is 1. The summed E-state index contributed by atoms with van der Waals surface area (Å²) in [6, 6.07) is 11.0. The van der Waals surface area contributed by atoms with Crippen molar-refractivity contribution in [2.45, 2.75) is 44.7 Å². The van der Waals surface area contributed by atoms with Gasteiger partial charge in [-0.05, 0) is 48.6 Å². The van der Waals surface area contributed by atoms with Crippen molar-refractivity contribution in [2.24, 2.45) is 0 Å². The van der Waals surface area contributed by atoms with E-state index in [-0.39, 0.29) is 18.3 Å². The summed E-state index contributed by atoms with van der Waals surface area (Å²) < 4.78 is 15.6. The van der Waals surface area contributed by atoms with Gasteiger partial charge in [0, 0.05) is 16.9 Å². The van der Waals surface area contributed by atoms with Crippen LogP contribution >= 0.6 is 11.3 Å². The van der Waals surface area contributed by atoms with E-state index < -0.39 is 0 Å². The van der Waals surface area contributed by atoms with Crippen molar-refractivity contribution in [3.8, 4) is 10.6 Å². The smallest absolute Gasteiger partial charge is 0.240 e. The first kappa shape index (κ1) is 16.3. The van der Waals surface area contributed by atoms with Crippen LogP contribution in [0.5, 0.6) is 0 Å². The zero-order valence-corrected chi connectivity index (χ0v) is 14.8. The monoisotopic (exact) mass is 356 g/mol. The molecule has 0 spiro atoms. The predicted octanol–water partition coefficient (Wildman–Crippen LogP) is 4.96. The van der Waals surface area contributed by atoms with Crippen molar-refractivity contribution in [1.29, 1.82) is 0 Å². The minimum atomic E-state index is -0.256. The van der Waals surface area contributed by atoms with Gasteiger partial charge in [-0.15, -0.1) is 11.3 Å². The second kappa shape index (κ2) is 7.00. The molecule has 1 saturated carbocycles. The van der Waals surface area contributed by atoms with Crippen molar-refractivity contribution in [1.82, 2.24) is 9.88 Å². The van der Waals surface area contributed by atoms with Crippen molar-refractivity contribution >= 4 is 28.1 Å². The van der Waals surface area contributed by atoms with E-state index in [1.54, 1.807) is 17.4 Å². The van der Waals surface area contributed by atoms with E-state index in [0.717, 1.165) is 34.3 Å². The van der Waals surface area contributed by atoms with Gasteiger partial charge in [0.1, 0.15) is 12.4 Å². The molecule has 0 atom stereocenters. The van der Waals surface area contributed by atoms with Crippen LogP contribution in [-0.4, -0.2) is 16.5 Å². The molecule has 1 N–H and O–H groups in total. The molecule has 0 aliphatic heterocycles. The summed E-state index contributed by atoms with van der Waals surface area (Å²) in [4.78, 5) is 13.7. The van der Waals surface area contributed by atoms with Gasteiger partial charge in [0.2, 0.25) is 5.91 Å². The lowest BCUT2D eigenvalue weighted by Crippen LogP contribution is -2.38. The number of carbonyl (C=O) groups excluding carboxylic acids is 1. The van der Waals surface area contributed by atoms with Crippen LogP contribution in [-0.2, 0) is 11.3 Å². The SMILES string of the molecule is O=C(Cn1c(-c2cccs2)cc2cc(F)ccc21)NC1CCCCC1. The summed E-state index contributed by atoms with van der Waals surface area (Å²) >= 11 is 1.63. The summed E-state index contributed by atoms with van der Waals surface area (Å²) in [6.45, 7) is 0.263. The fourth-order valence-corrected chi connectivity index (χ4v) is 4.46. The topological polar surface area (TPSA) is 34.0 Å². The van der Waals surface area contributed by atoms with Gasteiger partial charge in [-0.25, -0.2) is 4.39 Å². The number of nitrogens with one attached hydrogen (secondary N) is 1. The Balaban J connectivity index is 1.65. The summed E-state index contributed by atoms with van der Waals surface area (Å²) in [7, 11) is 0. The first-order valence-corrected chi connectivity index (χ1v) is 9.71. The number of rotatable bonds is 4.